The first kappa shape index (κ1) is 24.9. The molecule has 1 fully saturated rings. The fraction of sp³-hybridized carbons (Fsp3) is 0.304. The molecule has 192 valence electrons. The maximum Gasteiger partial charge on any atom is 0.317 e. The Morgan fingerprint density at radius 2 is 1.69 bits per heavy atom. The number of carboxylic acid groups (broad SMARTS) is 1. The number of carbonyl (C=O) groups excluding carboxylic acids is 1. The van der Waals surface area contributed by atoms with Crippen molar-refractivity contribution >= 4 is 18.0 Å². The van der Waals surface area contributed by atoms with Crippen LogP contribution in [0.15, 0.2) is 36.1 Å². The molecule has 2 aromatic rings. The Balaban J connectivity index is 1.59. The molecule has 4 rings (SSSR count). The molecule has 0 amide bonds. The molecule has 0 bridgehead atoms. The fourth-order valence-electron chi connectivity index (χ4n) is 3.71. The first-order valence-corrected chi connectivity index (χ1v) is 10.5. The summed E-state index contributed by atoms with van der Waals surface area (Å²) in [5.41, 5.74) is 0.395. The van der Waals surface area contributed by atoms with Crippen LogP contribution in [0.5, 0.6) is 28.7 Å². The number of rotatable bonds is 7. The summed E-state index contributed by atoms with van der Waals surface area (Å²) in [5.74, 6) is -3.94. The van der Waals surface area contributed by atoms with Gasteiger partial charge in [0.15, 0.2) is 17.6 Å². The maximum atomic E-state index is 11.5. The number of hydrogen-bond donors (Lipinski definition) is 7. The van der Waals surface area contributed by atoms with Crippen LogP contribution >= 0.6 is 0 Å². The van der Waals surface area contributed by atoms with E-state index in [2.05, 4.69) is 0 Å². The van der Waals surface area contributed by atoms with Crippen LogP contribution in [0, 0.1) is 0 Å². The first-order valence-electron chi connectivity index (χ1n) is 10.5. The van der Waals surface area contributed by atoms with Crippen LogP contribution in [-0.4, -0.2) is 78.9 Å². The number of aliphatic carboxylic acids is 1. The van der Waals surface area contributed by atoms with Gasteiger partial charge in [0.2, 0.25) is 6.29 Å². The highest BCUT2D eigenvalue weighted by Crippen LogP contribution is 2.45. The summed E-state index contributed by atoms with van der Waals surface area (Å²) in [6.07, 6.45) is -6.62. The minimum absolute atomic E-state index is 0.0478. The van der Waals surface area contributed by atoms with Gasteiger partial charge in [-0.3, -0.25) is 9.59 Å². The number of aromatic hydroxyl groups is 4. The zero-order valence-electron chi connectivity index (χ0n) is 18.3. The summed E-state index contributed by atoms with van der Waals surface area (Å²) in [5, 5.41) is 69.0. The Morgan fingerprint density at radius 1 is 0.944 bits per heavy atom. The molecule has 0 spiro atoms. The lowest BCUT2D eigenvalue weighted by Gasteiger charge is -2.30. The number of aliphatic hydroxyl groups excluding tert-OH is 2. The largest absolute Gasteiger partial charge is 0.508 e. The van der Waals surface area contributed by atoms with Crippen LogP contribution in [0.25, 0.3) is 6.08 Å². The average molecular weight is 506 g/mol. The van der Waals surface area contributed by atoms with Crippen molar-refractivity contribution in [3.05, 3.63) is 47.2 Å². The molecule has 13 nitrogen and oxygen atoms in total. The minimum atomic E-state index is -1.63. The summed E-state index contributed by atoms with van der Waals surface area (Å²) in [6, 6.07) is 6.11. The van der Waals surface area contributed by atoms with Crippen molar-refractivity contribution in [2.24, 2.45) is 0 Å². The zero-order valence-corrected chi connectivity index (χ0v) is 18.3. The number of phenolic OH excluding ortho intramolecular Hbond substituents is 4. The summed E-state index contributed by atoms with van der Waals surface area (Å²) in [7, 11) is 0. The lowest BCUT2D eigenvalue weighted by atomic mass is 10.0. The van der Waals surface area contributed by atoms with E-state index in [1.54, 1.807) is 0 Å². The highest BCUT2D eigenvalue weighted by molar-refractivity contribution is 5.90. The van der Waals surface area contributed by atoms with Crippen molar-refractivity contribution < 1.29 is 64.3 Å². The Kier molecular flexibility index (Phi) is 6.79. The Labute approximate surface area is 202 Å². The number of benzene rings is 2. The van der Waals surface area contributed by atoms with E-state index in [4.69, 9.17) is 24.1 Å². The molecule has 0 aliphatic carbocycles. The summed E-state index contributed by atoms with van der Waals surface area (Å²) in [4.78, 5) is 22.1. The number of carboxylic acids is 1. The number of hydrogen-bond acceptors (Lipinski definition) is 12. The number of fused-ring (bicyclic) bond motifs is 1. The molecule has 13 heteroatoms. The molecule has 2 aromatic carbocycles. The first-order chi connectivity index (χ1) is 17.0. The van der Waals surface area contributed by atoms with E-state index in [-0.39, 0.29) is 34.1 Å². The summed E-state index contributed by atoms with van der Waals surface area (Å²) < 4.78 is 21.9. The number of phenols is 4. The third kappa shape index (κ3) is 5.07. The van der Waals surface area contributed by atoms with E-state index in [1.807, 2.05) is 0 Å². The molecule has 7 N–H and O–H groups in total. The molecule has 5 atom stereocenters. The van der Waals surface area contributed by atoms with Crippen LogP contribution in [0.4, 0.5) is 0 Å². The topological polar surface area (TPSA) is 213 Å². The van der Waals surface area contributed by atoms with Gasteiger partial charge in [-0.15, -0.1) is 0 Å². The van der Waals surface area contributed by atoms with E-state index in [1.165, 1.54) is 30.3 Å². The summed E-state index contributed by atoms with van der Waals surface area (Å²) in [6.45, 7) is -0.558. The molecule has 0 radical (unpaired) electrons. The van der Waals surface area contributed by atoms with Gasteiger partial charge in [-0.25, -0.2) is 0 Å². The van der Waals surface area contributed by atoms with Gasteiger partial charge < -0.3 is 54.7 Å². The molecule has 1 saturated heterocycles. The normalized spacial score (nSPS) is 24.8. The Hall–Kier alpha value is -4.20. The van der Waals surface area contributed by atoms with Gasteiger partial charge in [-0.2, -0.15) is 0 Å². The number of ether oxygens (including phenoxy) is 4. The smallest absolute Gasteiger partial charge is 0.317 e. The van der Waals surface area contributed by atoms with E-state index in [0.29, 0.717) is 0 Å². The Bertz CT molecular complexity index is 1210. The fourth-order valence-corrected chi connectivity index (χ4v) is 3.71. The van der Waals surface area contributed by atoms with E-state index in [0.717, 1.165) is 6.07 Å². The zero-order chi connectivity index (χ0) is 26.1. The second-order valence-electron chi connectivity index (χ2n) is 8.06. The maximum absolute atomic E-state index is 11.5. The quantitative estimate of drug-likeness (QED) is 0.155. The number of carbonyl (C=O) groups is 2. The molecule has 36 heavy (non-hydrogen) atoms. The molecular formula is C23H22O13. The molecule has 5 unspecified atom stereocenters. The van der Waals surface area contributed by atoms with Gasteiger partial charge in [0, 0.05) is 17.7 Å². The molecule has 2 heterocycles. The summed E-state index contributed by atoms with van der Waals surface area (Å²) >= 11 is 0. The van der Waals surface area contributed by atoms with Gasteiger partial charge >= 0.3 is 11.9 Å². The van der Waals surface area contributed by atoms with Gasteiger partial charge in [-0.05, 0) is 18.2 Å². The second kappa shape index (κ2) is 9.81. The number of aliphatic hydroxyl groups is 2. The predicted molar refractivity (Wildman–Crippen MR) is 116 cm³/mol. The van der Waals surface area contributed by atoms with Crippen molar-refractivity contribution in [2.75, 3.05) is 6.61 Å². The average Bonchev–Trinajstić information content (AvgIpc) is 3.07. The van der Waals surface area contributed by atoms with Gasteiger partial charge in [0.1, 0.15) is 54.3 Å². The minimum Gasteiger partial charge on any atom is -0.508 e. The van der Waals surface area contributed by atoms with Crippen molar-refractivity contribution in [3.8, 4) is 28.7 Å². The lowest BCUT2D eigenvalue weighted by Crippen LogP contribution is -2.36. The third-order valence-corrected chi connectivity index (χ3v) is 5.47. The van der Waals surface area contributed by atoms with E-state index >= 15 is 0 Å². The van der Waals surface area contributed by atoms with Gasteiger partial charge in [-0.1, -0.05) is 6.07 Å². The SMILES string of the molecule is O=C(O)CC(=O)OCC1OC(OC2=Cc3c(O)cc(O)cc3OC2c2ccc(O)c(O)c2)C(O)C1O. The van der Waals surface area contributed by atoms with Crippen molar-refractivity contribution in [1.82, 2.24) is 0 Å². The van der Waals surface area contributed by atoms with Crippen LogP contribution in [-0.2, 0) is 23.8 Å². The standard InChI is InChI=1S/C23H22O13/c24-10-4-13(26)11-6-16(22(34-15(11)5-10)9-1-2-12(25)14(27)3-9)35-23-21(32)20(31)17(36-23)8-33-19(30)7-18(28)29/h1-6,17,20-27,31-32H,7-8H2,(H,28,29). The third-order valence-electron chi connectivity index (χ3n) is 5.47. The highest BCUT2D eigenvalue weighted by Gasteiger charge is 2.46. The molecule has 0 saturated carbocycles. The van der Waals surface area contributed by atoms with Gasteiger partial charge in [0.25, 0.3) is 0 Å². The second-order valence-corrected chi connectivity index (χ2v) is 8.06. The molecule has 2 aliphatic heterocycles. The van der Waals surface area contributed by atoms with Crippen molar-refractivity contribution in [3.63, 3.8) is 0 Å². The van der Waals surface area contributed by atoms with E-state index in [9.17, 15) is 40.2 Å². The van der Waals surface area contributed by atoms with Crippen molar-refractivity contribution in [2.45, 2.75) is 37.1 Å². The molecular weight excluding hydrogens is 484 g/mol. The van der Waals surface area contributed by atoms with E-state index < -0.39 is 67.2 Å². The van der Waals surface area contributed by atoms with Crippen LogP contribution in [0.3, 0.4) is 0 Å². The van der Waals surface area contributed by atoms with Crippen LogP contribution in [0.2, 0.25) is 0 Å². The predicted octanol–water partition coefficient (Wildman–Crippen LogP) is 0.465. The molecule has 2 aliphatic rings. The number of esters is 1. The highest BCUT2D eigenvalue weighted by atomic mass is 16.7. The monoisotopic (exact) mass is 506 g/mol. The van der Waals surface area contributed by atoms with Crippen molar-refractivity contribution in [1.29, 1.82) is 0 Å². The van der Waals surface area contributed by atoms with Crippen LogP contribution in [0.1, 0.15) is 23.7 Å². The van der Waals surface area contributed by atoms with Crippen LogP contribution < -0.4 is 4.74 Å². The Morgan fingerprint density at radius 3 is 2.39 bits per heavy atom. The van der Waals surface area contributed by atoms with Gasteiger partial charge in [0.05, 0.1) is 5.56 Å². The molecule has 0 aromatic heterocycles. The lowest BCUT2D eigenvalue weighted by molar-refractivity contribution is -0.167.